The molecule has 2 aromatic carbocycles. The van der Waals surface area contributed by atoms with E-state index in [9.17, 15) is 9.90 Å². The lowest BCUT2D eigenvalue weighted by molar-refractivity contribution is -0.159. The molecule has 1 spiro atoms. The van der Waals surface area contributed by atoms with E-state index in [1.165, 1.54) is 0 Å². The van der Waals surface area contributed by atoms with Crippen LogP contribution >= 0.6 is 0 Å². The molecule has 1 N–H and O–H groups in total. The van der Waals surface area contributed by atoms with Crippen LogP contribution in [0.15, 0.2) is 78.9 Å². The molecule has 2 fully saturated rings. The van der Waals surface area contributed by atoms with Crippen LogP contribution in [-0.2, 0) is 25.5 Å². The van der Waals surface area contributed by atoms with Crippen LogP contribution in [0.5, 0.6) is 5.75 Å². The summed E-state index contributed by atoms with van der Waals surface area (Å²) in [6.07, 6.45) is 9.25. The van der Waals surface area contributed by atoms with Gasteiger partial charge in [-0.3, -0.25) is 14.4 Å². The number of amides is 3. The minimum atomic E-state index is -1.42. The summed E-state index contributed by atoms with van der Waals surface area (Å²) >= 11 is 0. The number of rotatable bonds is 10. The minimum Gasteiger partial charge on any atom is -0.494 e. The molecule has 6 atom stereocenters. The highest BCUT2D eigenvalue weighted by Gasteiger charge is 2.76. The van der Waals surface area contributed by atoms with Crippen LogP contribution < -0.4 is 9.64 Å². The Morgan fingerprint density at radius 1 is 0.880 bits per heavy atom. The number of likely N-dealkylation sites (tertiary alicyclic amines) is 1. The van der Waals surface area contributed by atoms with Crippen molar-refractivity contribution in [3.05, 3.63) is 84.5 Å². The van der Waals surface area contributed by atoms with E-state index in [1.54, 1.807) is 9.80 Å². The van der Waals surface area contributed by atoms with Gasteiger partial charge in [0.1, 0.15) is 17.4 Å². The quantitative estimate of drug-likeness (QED) is 0.329. The molecular formula is C41H53N3O6. The smallest absolute Gasteiger partial charge is 0.249 e. The van der Waals surface area contributed by atoms with Crippen molar-refractivity contribution in [2.45, 2.75) is 96.6 Å². The van der Waals surface area contributed by atoms with Crippen LogP contribution in [0.3, 0.4) is 0 Å². The maximum atomic E-state index is 15.2. The first-order valence-corrected chi connectivity index (χ1v) is 18.1. The Balaban J connectivity index is 1.49. The second-order valence-corrected chi connectivity index (χ2v) is 16.1. The molecule has 0 bridgehead atoms. The van der Waals surface area contributed by atoms with Crippen LogP contribution in [0.2, 0.25) is 0 Å². The average Bonchev–Trinajstić information content (AvgIpc) is 3.36. The molecule has 4 aliphatic heterocycles. The Bertz CT molecular complexity index is 1650. The van der Waals surface area contributed by atoms with Gasteiger partial charge in [-0.2, -0.15) is 0 Å². The van der Waals surface area contributed by atoms with Gasteiger partial charge in [-0.05, 0) is 75.3 Å². The average molecular weight is 684 g/mol. The molecule has 0 radical (unpaired) electrons. The van der Waals surface area contributed by atoms with Crippen molar-refractivity contribution in [1.82, 2.24) is 9.80 Å². The van der Waals surface area contributed by atoms with Crippen LogP contribution in [0, 0.1) is 17.3 Å². The lowest BCUT2D eigenvalue weighted by Gasteiger charge is -2.46. The molecule has 2 aromatic rings. The molecule has 0 aromatic heterocycles. The summed E-state index contributed by atoms with van der Waals surface area (Å²) in [5, 5.41) is 11.0. The first-order chi connectivity index (χ1) is 23.7. The number of hydrogen-bond donors (Lipinski definition) is 1. The largest absolute Gasteiger partial charge is 0.494 e. The van der Waals surface area contributed by atoms with Crippen LogP contribution in [0.1, 0.15) is 66.9 Å². The van der Waals surface area contributed by atoms with E-state index in [1.807, 2.05) is 97.6 Å². The second-order valence-electron chi connectivity index (χ2n) is 16.1. The molecule has 3 amide bonds. The predicted octanol–water partition coefficient (Wildman–Crippen LogP) is 5.57. The minimum absolute atomic E-state index is 0.0724. The van der Waals surface area contributed by atoms with Crippen molar-refractivity contribution in [2.75, 3.05) is 31.2 Å². The van der Waals surface area contributed by atoms with Crippen molar-refractivity contribution in [3.63, 3.8) is 0 Å². The monoisotopic (exact) mass is 683 g/mol. The number of carbonyl (C=O) groups is 3. The van der Waals surface area contributed by atoms with E-state index >= 15 is 9.59 Å². The van der Waals surface area contributed by atoms with Gasteiger partial charge < -0.3 is 29.3 Å². The molecule has 2 saturated heterocycles. The van der Waals surface area contributed by atoms with Gasteiger partial charge in [-0.25, -0.2) is 0 Å². The Labute approximate surface area is 296 Å². The number of aliphatic hydroxyl groups is 1. The molecule has 0 aliphatic carbocycles. The third-order valence-corrected chi connectivity index (χ3v) is 10.9. The summed E-state index contributed by atoms with van der Waals surface area (Å²) < 4.78 is 12.9. The number of anilines is 1. The summed E-state index contributed by atoms with van der Waals surface area (Å²) in [7, 11) is 0. The number of aliphatic hydroxyl groups excluding tert-OH is 1. The number of hydrogen-bond acceptors (Lipinski definition) is 6. The predicted molar refractivity (Wildman–Crippen MR) is 194 cm³/mol. The topological polar surface area (TPSA) is 99.6 Å². The van der Waals surface area contributed by atoms with E-state index in [0.29, 0.717) is 44.0 Å². The molecule has 9 heteroatoms. The Kier molecular flexibility index (Phi) is 9.54. The fraction of sp³-hybridized carbons (Fsp3) is 0.537. The van der Waals surface area contributed by atoms with E-state index in [-0.39, 0.29) is 29.7 Å². The molecule has 9 nitrogen and oxygen atoms in total. The maximum Gasteiger partial charge on any atom is 0.249 e. The number of fused-ring (bicyclic) bond motifs is 2. The molecule has 6 rings (SSSR count). The number of ether oxygens (including phenoxy) is 2. The highest BCUT2D eigenvalue weighted by molar-refractivity contribution is 6.04. The van der Waals surface area contributed by atoms with Crippen molar-refractivity contribution < 1.29 is 29.0 Å². The van der Waals surface area contributed by atoms with Crippen molar-refractivity contribution in [3.8, 4) is 5.75 Å². The van der Waals surface area contributed by atoms with Gasteiger partial charge in [0.25, 0.3) is 0 Å². The number of benzene rings is 2. The summed E-state index contributed by atoms with van der Waals surface area (Å²) in [5.74, 6) is -1.97. The standard InChI is InChI=1S/C41H53N3O6/c1-8-40-21-13-23-42(29-17-19-31(20-18-29)49-9-2)35(46)32(40)33-36(47)44(30(26-45)25-28-15-11-10-12-16-28)34-37(48)43(24-14-22-41(33,34)50-40)39(6,7)27-38(3,4)5/h10-22,30,32-34,45H,8-9,23-27H2,1-7H3/t30-,32+,33+,34?,40-,41+/m1/s1. The normalized spacial score (nSPS) is 28.7. The summed E-state index contributed by atoms with van der Waals surface area (Å²) in [4.78, 5) is 50.6. The van der Waals surface area contributed by atoms with Crippen LogP contribution in [-0.4, -0.2) is 87.8 Å². The molecule has 4 heterocycles. The van der Waals surface area contributed by atoms with Crippen LogP contribution in [0.4, 0.5) is 5.69 Å². The summed E-state index contributed by atoms with van der Waals surface area (Å²) in [6, 6.07) is 15.3. The van der Waals surface area contributed by atoms with Gasteiger partial charge in [0.2, 0.25) is 17.7 Å². The number of carbonyl (C=O) groups excluding carboxylic acids is 3. The first-order valence-electron chi connectivity index (χ1n) is 18.1. The second kappa shape index (κ2) is 13.3. The van der Waals surface area contributed by atoms with E-state index in [4.69, 9.17) is 9.47 Å². The molecule has 268 valence electrons. The van der Waals surface area contributed by atoms with Gasteiger partial charge in [0.05, 0.1) is 36.7 Å². The van der Waals surface area contributed by atoms with Gasteiger partial charge in [-0.1, -0.05) is 82.3 Å². The molecule has 50 heavy (non-hydrogen) atoms. The third-order valence-electron chi connectivity index (χ3n) is 10.9. The first kappa shape index (κ1) is 35.9. The number of nitrogens with zero attached hydrogens (tertiary/aromatic N) is 3. The Morgan fingerprint density at radius 2 is 1.56 bits per heavy atom. The third kappa shape index (κ3) is 6.06. The van der Waals surface area contributed by atoms with Gasteiger partial charge in [0.15, 0.2) is 0 Å². The van der Waals surface area contributed by atoms with Gasteiger partial charge >= 0.3 is 0 Å². The van der Waals surface area contributed by atoms with Crippen molar-refractivity contribution in [2.24, 2.45) is 17.3 Å². The maximum absolute atomic E-state index is 15.2. The lowest BCUT2D eigenvalue weighted by Crippen LogP contribution is -2.62. The Morgan fingerprint density at radius 3 is 2.18 bits per heavy atom. The lowest BCUT2D eigenvalue weighted by atomic mass is 9.72. The zero-order valence-electron chi connectivity index (χ0n) is 30.6. The molecule has 1 unspecified atom stereocenters. The summed E-state index contributed by atoms with van der Waals surface area (Å²) in [6.45, 7) is 15.3. The van der Waals surface area contributed by atoms with E-state index < -0.39 is 40.7 Å². The van der Waals surface area contributed by atoms with Gasteiger partial charge in [-0.15, -0.1) is 0 Å². The molecular weight excluding hydrogens is 630 g/mol. The molecule has 0 saturated carbocycles. The summed E-state index contributed by atoms with van der Waals surface area (Å²) in [5.41, 5.74) is -1.54. The van der Waals surface area contributed by atoms with E-state index in [2.05, 4.69) is 34.6 Å². The Hall–Kier alpha value is -3.95. The fourth-order valence-electron chi connectivity index (χ4n) is 9.29. The molecule has 4 aliphatic rings. The highest BCUT2D eigenvalue weighted by Crippen LogP contribution is 2.59. The zero-order valence-corrected chi connectivity index (χ0v) is 30.6. The fourth-order valence-corrected chi connectivity index (χ4v) is 9.29. The van der Waals surface area contributed by atoms with Gasteiger partial charge in [0, 0.05) is 24.3 Å². The van der Waals surface area contributed by atoms with Crippen LogP contribution in [0.25, 0.3) is 0 Å². The highest BCUT2D eigenvalue weighted by atomic mass is 16.5. The zero-order chi connectivity index (χ0) is 36.1. The van der Waals surface area contributed by atoms with Crippen molar-refractivity contribution in [1.29, 1.82) is 0 Å². The SMILES string of the molecule is CCOc1ccc(N2CC=C[C@@]3(CC)O[C@]45C=CCN(C(C)(C)CC(C)(C)C)C(=O)C4N([C@@H](CO)Cc4ccccc4)C(=O)[C@@H]5[C@H]3C2=O)cc1. The van der Waals surface area contributed by atoms with Crippen molar-refractivity contribution >= 4 is 23.4 Å². The van der Waals surface area contributed by atoms with E-state index in [0.717, 1.165) is 12.0 Å².